The summed E-state index contributed by atoms with van der Waals surface area (Å²) in [6, 6.07) is 19.9. The molecule has 0 bridgehead atoms. The Hall–Kier alpha value is -3.27. The predicted octanol–water partition coefficient (Wildman–Crippen LogP) is 4.59. The molecule has 3 aromatic heterocycles. The van der Waals surface area contributed by atoms with Gasteiger partial charge in [-0.15, -0.1) is 5.10 Å². The topological polar surface area (TPSA) is 51.8 Å². The van der Waals surface area contributed by atoms with Crippen molar-refractivity contribution >= 4 is 32.8 Å². The van der Waals surface area contributed by atoms with E-state index in [2.05, 4.69) is 10.2 Å². The van der Waals surface area contributed by atoms with Crippen molar-refractivity contribution in [3.8, 4) is 11.4 Å². The Labute approximate surface area is 131 Å². The lowest BCUT2D eigenvalue weighted by Crippen LogP contribution is -1.91. The van der Waals surface area contributed by atoms with Crippen LogP contribution in [-0.4, -0.2) is 15.2 Å². The molecule has 0 fully saturated rings. The van der Waals surface area contributed by atoms with Gasteiger partial charge in [0, 0.05) is 10.8 Å². The highest BCUT2D eigenvalue weighted by Gasteiger charge is 2.15. The van der Waals surface area contributed by atoms with Crippen LogP contribution in [0.5, 0.6) is 0 Å². The molecule has 4 heteroatoms. The van der Waals surface area contributed by atoms with Crippen molar-refractivity contribution in [1.29, 1.82) is 0 Å². The van der Waals surface area contributed by atoms with Gasteiger partial charge in [-0.05, 0) is 18.2 Å². The molecular weight excluding hydrogens is 286 g/mol. The molecule has 0 N–H and O–H groups in total. The molecular formula is C19H11N3O. The molecule has 5 aromatic rings. The number of benzene rings is 2. The molecule has 0 saturated carbocycles. The Kier molecular flexibility index (Phi) is 2.46. The highest BCUT2D eigenvalue weighted by atomic mass is 16.3. The molecule has 0 atom stereocenters. The third kappa shape index (κ3) is 1.82. The Morgan fingerprint density at radius 2 is 1.65 bits per heavy atom. The van der Waals surface area contributed by atoms with Crippen molar-refractivity contribution in [2.24, 2.45) is 0 Å². The van der Waals surface area contributed by atoms with Gasteiger partial charge in [0.25, 0.3) is 0 Å². The number of nitrogens with zero attached hydrogens (tertiary/aromatic N) is 3. The Bertz CT molecular complexity index is 1180. The molecule has 2 aromatic carbocycles. The van der Waals surface area contributed by atoms with E-state index in [4.69, 9.17) is 9.40 Å². The van der Waals surface area contributed by atoms with E-state index in [1.807, 2.05) is 60.7 Å². The summed E-state index contributed by atoms with van der Waals surface area (Å²) in [4.78, 5) is 4.70. The lowest BCUT2D eigenvalue weighted by molar-refractivity contribution is 0.666. The van der Waals surface area contributed by atoms with Crippen LogP contribution in [0, 0.1) is 0 Å². The molecule has 4 nitrogen and oxygen atoms in total. The number of hydrogen-bond acceptors (Lipinski definition) is 4. The van der Waals surface area contributed by atoms with Gasteiger partial charge in [0.1, 0.15) is 5.58 Å². The number of hydrogen-bond donors (Lipinski definition) is 0. The van der Waals surface area contributed by atoms with Crippen molar-refractivity contribution < 1.29 is 4.42 Å². The fourth-order valence-electron chi connectivity index (χ4n) is 2.92. The maximum atomic E-state index is 6.01. The predicted molar refractivity (Wildman–Crippen MR) is 90.0 cm³/mol. The average Bonchev–Trinajstić information content (AvgIpc) is 3.00. The Morgan fingerprint density at radius 3 is 2.65 bits per heavy atom. The zero-order valence-electron chi connectivity index (χ0n) is 12.1. The maximum absolute atomic E-state index is 6.01. The highest BCUT2D eigenvalue weighted by Crippen LogP contribution is 2.33. The van der Waals surface area contributed by atoms with Gasteiger partial charge in [-0.2, -0.15) is 5.10 Å². The third-order valence-electron chi connectivity index (χ3n) is 4.03. The first-order valence-electron chi connectivity index (χ1n) is 7.39. The van der Waals surface area contributed by atoms with E-state index < -0.39 is 0 Å². The van der Waals surface area contributed by atoms with Crippen LogP contribution in [0.15, 0.2) is 71.3 Å². The first-order chi connectivity index (χ1) is 11.4. The van der Waals surface area contributed by atoms with Gasteiger partial charge in [-0.1, -0.05) is 42.5 Å². The molecule has 23 heavy (non-hydrogen) atoms. The second kappa shape index (κ2) is 4.61. The highest BCUT2D eigenvalue weighted by molar-refractivity contribution is 6.08. The maximum Gasteiger partial charge on any atom is 0.166 e. The van der Waals surface area contributed by atoms with Gasteiger partial charge in [-0.25, -0.2) is 4.98 Å². The van der Waals surface area contributed by atoms with E-state index in [0.717, 1.165) is 38.5 Å². The first kappa shape index (κ1) is 12.3. The van der Waals surface area contributed by atoms with Crippen LogP contribution in [0.3, 0.4) is 0 Å². The number of rotatable bonds is 1. The molecule has 0 amide bonds. The fourth-order valence-corrected chi connectivity index (χ4v) is 2.92. The minimum absolute atomic E-state index is 0.671. The largest absolute Gasteiger partial charge is 0.454 e. The van der Waals surface area contributed by atoms with Crippen LogP contribution in [-0.2, 0) is 0 Å². The summed E-state index contributed by atoms with van der Waals surface area (Å²) in [5, 5.41) is 11.5. The Balaban J connectivity index is 1.84. The number of furan rings is 1. The number of fused-ring (bicyclic) bond motifs is 4. The van der Waals surface area contributed by atoms with Crippen LogP contribution in [0.4, 0.5) is 0 Å². The van der Waals surface area contributed by atoms with Gasteiger partial charge in [-0.3, -0.25) is 0 Å². The van der Waals surface area contributed by atoms with E-state index in [0.29, 0.717) is 5.69 Å². The molecule has 108 valence electrons. The smallest absolute Gasteiger partial charge is 0.166 e. The van der Waals surface area contributed by atoms with Gasteiger partial charge in [0.05, 0.1) is 22.8 Å². The SMILES string of the molecule is c1ccc2nc(-c3nncc4c3oc3ccccc34)ccc2c1. The quantitative estimate of drug-likeness (QED) is 0.454. The summed E-state index contributed by atoms with van der Waals surface area (Å²) in [5.74, 6) is 0. The van der Waals surface area contributed by atoms with E-state index in [1.54, 1.807) is 6.20 Å². The third-order valence-corrected chi connectivity index (χ3v) is 4.03. The summed E-state index contributed by atoms with van der Waals surface area (Å²) < 4.78 is 6.01. The van der Waals surface area contributed by atoms with E-state index in [-0.39, 0.29) is 0 Å². The van der Waals surface area contributed by atoms with E-state index in [1.165, 1.54) is 0 Å². The van der Waals surface area contributed by atoms with Crippen molar-refractivity contribution in [3.05, 3.63) is 66.9 Å². The molecule has 3 heterocycles. The number of para-hydroxylation sites is 2. The number of aromatic nitrogens is 3. The minimum atomic E-state index is 0.671. The van der Waals surface area contributed by atoms with Crippen LogP contribution in [0.2, 0.25) is 0 Å². The lowest BCUT2D eigenvalue weighted by atomic mass is 10.1. The molecule has 0 saturated heterocycles. The monoisotopic (exact) mass is 297 g/mol. The van der Waals surface area contributed by atoms with Crippen molar-refractivity contribution in [2.75, 3.05) is 0 Å². The molecule has 0 radical (unpaired) electrons. The minimum Gasteiger partial charge on any atom is -0.454 e. The van der Waals surface area contributed by atoms with Crippen LogP contribution < -0.4 is 0 Å². The summed E-state index contributed by atoms with van der Waals surface area (Å²) >= 11 is 0. The van der Waals surface area contributed by atoms with E-state index in [9.17, 15) is 0 Å². The zero-order valence-corrected chi connectivity index (χ0v) is 12.1. The summed E-state index contributed by atoms with van der Waals surface area (Å²) in [5.41, 5.74) is 3.92. The zero-order chi connectivity index (χ0) is 15.2. The van der Waals surface area contributed by atoms with E-state index >= 15 is 0 Å². The lowest BCUT2D eigenvalue weighted by Gasteiger charge is -2.02. The van der Waals surface area contributed by atoms with Crippen LogP contribution in [0.25, 0.3) is 44.2 Å². The van der Waals surface area contributed by atoms with Gasteiger partial charge in [0.15, 0.2) is 11.3 Å². The standard InChI is InChI=1S/C19H11N3O/c1-3-7-15-12(5-1)9-10-16(21-15)18-19-14(11-20-22-18)13-6-2-4-8-17(13)23-19/h1-11H. The summed E-state index contributed by atoms with van der Waals surface area (Å²) in [7, 11) is 0. The first-order valence-corrected chi connectivity index (χ1v) is 7.39. The summed E-state index contributed by atoms with van der Waals surface area (Å²) in [6.07, 6.45) is 1.74. The summed E-state index contributed by atoms with van der Waals surface area (Å²) in [6.45, 7) is 0. The molecule has 0 unspecified atom stereocenters. The van der Waals surface area contributed by atoms with Gasteiger partial charge >= 0.3 is 0 Å². The Morgan fingerprint density at radius 1 is 0.783 bits per heavy atom. The second-order valence-corrected chi connectivity index (χ2v) is 5.42. The molecule has 0 spiro atoms. The average molecular weight is 297 g/mol. The van der Waals surface area contributed by atoms with Crippen molar-refractivity contribution in [1.82, 2.24) is 15.2 Å². The van der Waals surface area contributed by atoms with Crippen LogP contribution >= 0.6 is 0 Å². The van der Waals surface area contributed by atoms with Crippen LogP contribution in [0.1, 0.15) is 0 Å². The van der Waals surface area contributed by atoms with Gasteiger partial charge < -0.3 is 4.42 Å². The number of pyridine rings is 1. The van der Waals surface area contributed by atoms with Crippen molar-refractivity contribution in [3.63, 3.8) is 0 Å². The molecule has 0 aliphatic carbocycles. The van der Waals surface area contributed by atoms with Crippen molar-refractivity contribution in [2.45, 2.75) is 0 Å². The second-order valence-electron chi connectivity index (χ2n) is 5.42. The fraction of sp³-hybridized carbons (Fsp3) is 0. The molecule has 5 rings (SSSR count). The molecule has 0 aliphatic rings. The van der Waals surface area contributed by atoms with Gasteiger partial charge in [0.2, 0.25) is 0 Å². The molecule has 0 aliphatic heterocycles. The normalized spacial score (nSPS) is 11.5.